The predicted octanol–water partition coefficient (Wildman–Crippen LogP) is 1.37. The third-order valence-electron chi connectivity index (χ3n) is 2.29. The molecule has 1 aromatic carbocycles. The highest BCUT2D eigenvalue weighted by Crippen LogP contribution is 2.18. The first-order chi connectivity index (χ1) is 7.19. The summed E-state index contributed by atoms with van der Waals surface area (Å²) in [7, 11) is 3.46. The van der Waals surface area contributed by atoms with Gasteiger partial charge in [0.2, 0.25) is 0 Å². The van der Waals surface area contributed by atoms with Crippen LogP contribution >= 0.6 is 0 Å². The van der Waals surface area contributed by atoms with E-state index in [9.17, 15) is 4.39 Å². The van der Waals surface area contributed by atoms with Crippen molar-refractivity contribution in [1.29, 1.82) is 0 Å². The van der Waals surface area contributed by atoms with Crippen molar-refractivity contribution in [3.63, 3.8) is 0 Å². The standard InChI is InChI=1S/C11H17FN2O/c1-14(5-6-15-2)11-4-3-9(8-13)7-10(11)12/h3-4,7H,5-6,8,13H2,1-2H3. The van der Waals surface area contributed by atoms with Crippen LogP contribution in [0.15, 0.2) is 18.2 Å². The van der Waals surface area contributed by atoms with Crippen molar-refractivity contribution in [3.8, 4) is 0 Å². The Morgan fingerprint density at radius 1 is 1.47 bits per heavy atom. The SMILES string of the molecule is COCCN(C)c1ccc(CN)cc1F. The monoisotopic (exact) mass is 212 g/mol. The van der Waals surface area contributed by atoms with Gasteiger partial charge >= 0.3 is 0 Å². The van der Waals surface area contributed by atoms with Gasteiger partial charge in [-0.2, -0.15) is 0 Å². The van der Waals surface area contributed by atoms with E-state index in [0.29, 0.717) is 25.4 Å². The molecule has 84 valence electrons. The van der Waals surface area contributed by atoms with Crippen molar-refractivity contribution >= 4 is 5.69 Å². The van der Waals surface area contributed by atoms with Gasteiger partial charge in [0, 0.05) is 27.2 Å². The fourth-order valence-corrected chi connectivity index (χ4v) is 1.34. The van der Waals surface area contributed by atoms with Crippen LogP contribution in [0.2, 0.25) is 0 Å². The van der Waals surface area contributed by atoms with Crippen molar-refractivity contribution in [3.05, 3.63) is 29.6 Å². The lowest BCUT2D eigenvalue weighted by molar-refractivity contribution is 0.206. The number of methoxy groups -OCH3 is 1. The summed E-state index contributed by atoms with van der Waals surface area (Å²) in [4.78, 5) is 1.82. The van der Waals surface area contributed by atoms with Crippen molar-refractivity contribution in [2.45, 2.75) is 6.54 Å². The first-order valence-electron chi connectivity index (χ1n) is 4.87. The molecule has 0 saturated carbocycles. The summed E-state index contributed by atoms with van der Waals surface area (Å²) in [6.45, 7) is 1.60. The van der Waals surface area contributed by atoms with Crippen molar-refractivity contribution in [2.75, 3.05) is 32.2 Å². The van der Waals surface area contributed by atoms with Crippen LogP contribution in [0.5, 0.6) is 0 Å². The minimum absolute atomic E-state index is 0.239. The maximum atomic E-state index is 13.6. The van der Waals surface area contributed by atoms with Crippen molar-refractivity contribution in [2.24, 2.45) is 5.73 Å². The Bertz CT molecular complexity index is 317. The Morgan fingerprint density at radius 3 is 2.73 bits per heavy atom. The van der Waals surface area contributed by atoms with Gasteiger partial charge in [-0.3, -0.25) is 0 Å². The first kappa shape index (κ1) is 11.9. The van der Waals surface area contributed by atoms with E-state index in [1.54, 1.807) is 13.2 Å². The molecular weight excluding hydrogens is 195 g/mol. The minimum Gasteiger partial charge on any atom is -0.383 e. The number of nitrogens with two attached hydrogens (primary N) is 1. The lowest BCUT2D eigenvalue weighted by Gasteiger charge is -2.19. The fraction of sp³-hybridized carbons (Fsp3) is 0.455. The summed E-state index contributed by atoms with van der Waals surface area (Å²) >= 11 is 0. The molecule has 0 bridgehead atoms. The number of likely N-dealkylation sites (N-methyl/N-ethyl adjacent to an activating group) is 1. The smallest absolute Gasteiger partial charge is 0.146 e. The van der Waals surface area contributed by atoms with E-state index in [0.717, 1.165) is 5.56 Å². The molecular formula is C11H17FN2O. The Kier molecular flexibility index (Phi) is 4.52. The first-order valence-corrected chi connectivity index (χ1v) is 4.87. The van der Waals surface area contributed by atoms with Gasteiger partial charge in [-0.05, 0) is 17.7 Å². The van der Waals surface area contributed by atoms with Gasteiger partial charge in [0.15, 0.2) is 0 Å². The van der Waals surface area contributed by atoms with E-state index in [4.69, 9.17) is 10.5 Å². The lowest BCUT2D eigenvalue weighted by atomic mass is 10.2. The van der Waals surface area contributed by atoms with Crippen LogP contribution in [0.25, 0.3) is 0 Å². The number of hydrogen-bond donors (Lipinski definition) is 1. The number of benzene rings is 1. The molecule has 0 unspecified atom stereocenters. The van der Waals surface area contributed by atoms with Crippen molar-refractivity contribution in [1.82, 2.24) is 0 Å². The molecule has 0 aliphatic rings. The predicted molar refractivity (Wildman–Crippen MR) is 59.4 cm³/mol. The van der Waals surface area contributed by atoms with E-state index in [-0.39, 0.29) is 5.82 Å². The molecule has 0 spiro atoms. The highest BCUT2D eigenvalue weighted by atomic mass is 19.1. The van der Waals surface area contributed by atoms with Gasteiger partial charge < -0.3 is 15.4 Å². The highest BCUT2D eigenvalue weighted by molar-refractivity contribution is 5.48. The molecule has 1 aromatic rings. The van der Waals surface area contributed by atoms with E-state index < -0.39 is 0 Å². The van der Waals surface area contributed by atoms with E-state index >= 15 is 0 Å². The van der Waals surface area contributed by atoms with E-state index in [1.165, 1.54) is 6.07 Å². The normalized spacial score (nSPS) is 10.4. The highest BCUT2D eigenvalue weighted by Gasteiger charge is 2.07. The molecule has 0 aromatic heterocycles. The van der Waals surface area contributed by atoms with Crippen LogP contribution in [-0.2, 0) is 11.3 Å². The zero-order valence-corrected chi connectivity index (χ0v) is 9.16. The molecule has 0 radical (unpaired) electrons. The average molecular weight is 212 g/mol. The summed E-state index contributed by atoms with van der Waals surface area (Å²) in [5, 5.41) is 0. The second kappa shape index (κ2) is 5.68. The van der Waals surface area contributed by atoms with Crippen LogP contribution in [-0.4, -0.2) is 27.3 Å². The largest absolute Gasteiger partial charge is 0.383 e. The molecule has 0 fully saturated rings. The zero-order chi connectivity index (χ0) is 11.3. The average Bonchev–Trinajstić information content (AvgIpc) is 2.25. The topological polar surface area (TPSA) is 38.5 Å². The summed E-state index contributed by atoms with van der Waals surface area (Å²) in [5.74, 6) is -0.239. The quantitative estimate of drug-likeness (QED) is 0.801. The molecule has 0 aliphatic carbocycles. The maximum absolute atomic E-state index is 13.6. The third kappa shape index (κ3) is 3.18. The fourth-order valence-electron chi connectivity index (χ4n) is 1.34. The van der Waals surface area contributed by atoms with Gasteiger partial charge in [-0.25, -0.2) is 4.39 Å². The van der Waals surface area contributed by atoms with Gasteiger partial charge in [0.25, 0.3) is 0 Å². The molecule has 4 heteroatoms. The number of ether oxygens (including phenoxy) is 1. The molecule has 15 heavy (non-hydrogen) atoms. The third-order valence-corrected chi connectivity index (χ3v) is 2.29. The second-order valence-electron chi connectivity index (χ2n) is 3.40. The number of anilines is 1. The number of halogens is 1. The lowest BCUT2D eigenvalue weighted by Crippen LogP contribution is -2.23. The summed E-state index contributed by atoms with van der Waals surface area (Å²) in [6, 6.07) is 5.05. The van der Waals surface area contributed by atoms with Crippen molar-refractivity contribution < 1.29 is 9.13 Å². The molecule has 2 N–H and O–H groups in total. The second-order valence-corrected chi connectivity index (χ2v) is 3.40. The van der Waals surface area contributed by atoms with Crippen LogP contribution in [0.3, 0.4) is 0 Å². The van der Waals surface area contributed by atoms with Crippen LogP contribution in [0, 0.1) is 5.82 Å². The maximum Gasteiger partial charge on any atom is 0.146 e. The molecule has 0 heterocycles. The number of rotatable bonds is 5. The van der Waals surface area contributed by atoms with E-state index in [1.807, 2.05) is 18.0 Å². The minimum atomic E-state index is -0.239. The number of nitrogens with zero attached hydrogens (tertiary/aromatic N) is 1. The number of hydrogen-bond acceptors (Lipinski definition) is 3. The van der Waals surface area contributed by atoms with Crippen LogP contribution in [0.4, 0.5) is 10.1 Å². The molecule has 3 nitrogen and oxygen atoms in total. The molecule has 1 rings (SSSR count). The summed E-state index contributed by atoms with van der Waals surface area (Å²) < 4.78 is 18.5. The Balaban J connectivity index is 2.76. The van der Waals surface area contributed by atoms with Gasteiger partial charge in [0.05, 0.1) is 12.3 Å². The van der Waals surface area contributed by atoms with E-state index in [2.05, 4.69) is 0 Å². The molecule has 0 amide bonds. The summed E-state index contributed by atoms with van der Waals surface area (Å²) in [5.41, 5.74) is 6.80. The van der Waals surface area contributed by atoms with Gasteiger partial charge in [0.1, 0.15) is 5.82 Å². The summed E-state index contributed by atoms with van der Waals surface area (Å²) in [6.07, 6.45) is 0. The molecule has 0 saturated heterocycles. The molecule has 0 atom stereocenters. The Labute approximate surface area is 89.6 Å². The van der Waals surface area contributed by atoms with Gasteiger partial charge in [-0.15, -0.1) is 0 Å². The van der Waals surface area contributed by atoms with Crippen LogP contribution < -0.4 is 10.6 Å². The Morgan fingerprint density at radius 2 is 2.20 bits per heavy atom. The van der Waals surface area contributed by atoms with Crippen LogP contribution in [0.1, 0.15) is 5.56 Å². The Hall–Kier alpha value is -1.13. The zero-order valence-electron chi connectivity index (χ0n) is 9.16. The van der Waals surface area contributed by atoms with Gasteiger partial charge in [-0.1, -0.05) is 6.07 Å². The molecule has 0 aliphatic heterocycles.